The highest BCUT2D eigenvalue weighted by Crippen LogP contribution is 2.53. The van der Waals surface area contributed by atoms with Gasteiger partial charge in [0.25, 0.3) is 5.69 Å². The number of nitro groups is 1. The largest absolute Gasteiger partial charge is 0.352 e. The molecule has 6 nitrogen and oxygen atoms in total. The monoisotopic (exact) mass is 438 g/mol. The number of para-hydroxylation sites is 1. The number of nitro benzene ring substituents is 1. The van der Waals surface area contributed by atoms with E-state index in [4.69, 9.17) is 9.97 Å². The molecule has 2 unspecified atom stereocenters. The predicted octanol–water partition coefficient (Wildman–Crippen LogP) is 6.03. The van der Waals surface area contributed by atoms with Crippen molar-refractivity contribution in [3.05, 3.63) is 58.6 Å². The number of benzene rings is 2. The third-order valence-corrected chi connectivity index (χ3v) is 6.61. The Bertz CT molecular complexity index is 1150. The van der Waals surface area contributed by atoms with Crippen LogP contribution in [-0.4, -0.2) is 27.5 Å². The summed E-state index contributed by atoms with van der Waals surface area (Å²) in [7, 11) is 0. The van der Waals surface area contributed by atoms with Gasteiger partial charge in [0.1, 0.15) is 5.82 Å². The van der Waals surface area contributed by atoms with Gasteiger partial charge in [-0.3, -0.25) is 10.1 Å². The molecule has 2 fully saturated rings. The molecule has 1 saturated heterocycles. The first kappa shape index (κ1) is 21.5. The van der Waals surface area contributed by atoms with Crippen molar-refractivity contribution in [1.82, 2.24) is 9.97 Å². The zero-order valence-electron chi connectivity index (χ0n) is 18.0. The van der Waals surface area contributed by atoms with E-state index in [-0.39, 0.29) is 23.0 Å². The van der Waals surface area contributed by atoms with Crippen molar-refractivity contribution < 1.29 is 4.92 Å². The van der Waals surface area contributed by atoms with Crippen LogP contribution < -0.4 is 4.90 Å². The molecule has 1 aliphatic heterocycles. The Kier molecular flexibility index (Phi) is 5.16. The van der Waals surface area contributed by atoms with Crippen LogP contribution in [0.25, 0.3) is 22.3 Å². The zero-order valence-corrected chi connectivity index (χ0v) is 18.9. The second-order valence-electron chi connectivity index (χ2n) is 10.0. The molecule has 2 aliphatic rings. The topological polar surface area (TPSA) is 72.2 Å². The van der Waals surface area contributed by atoms with Crippen LogP contribution in [0.5, 0.6) is 0 Å². The second kappa shape index (κ2) is 7.45. The van der Waals surface area contributed by atoms with Gasteiger partial charge in [0.15, 0.2) is 5.82 Å². The Hall–Kier alpha value is -2.73. The van der Waals surface area contributed by atoms with Crippen LogP contribution in [0.4, 0.5) is 11.5 Å². The molecule has 0 radical (unpaired) electrons. The van der Waals surface area contributed by atoms with Gasteiger partial charge < -0.3 is 4.90 Å². The maximum absolute atomic E-state index is 11.0. The summed E-state index contributed by atoms with van der Waals surface area (Å²) in [5.41, 5.74) is 2.40. The first-order valence-electron chi connectivity index (χ1n) is 10.5. The summed E-state index contributed by atoms with van der Waals surface area (Å²) in [5.74, 6) is 1.60. The number of rotatable bonds is 3. The lowest BCUT2D eigenvalue weighted by Crippen LogP contribution is -2.35. The lowest BCUT2D eigenvalue weighted by atomic mass is 9.65. The van der Waals surface area contributed by atoms with Gasteiger partial charge in [-0.15, -0.1) is 12.4 Å². The molecular weight excluding hydrogens is 412 g/mol. The summed E-state index contributed by atoms with van der Waals surface area (Å²) < 4.78 is 0. The first-order valence-corrected chi connectivity index (χ1v) is 10.5. The molecule has 3 aromatic rings. The molecule has 0 amide bonds. The van der Waals surface area contributed by atoms with E-state index in [1.54, 1.807) is 12.1 Å². The van der Waals surface area contributed by atoms with Crippen LogP contribution in [0.1, 0.15) is 40.0 Å². The Morgan fingerprint density at radius 3 is 2.45 bits per heavy atom. The molecule has 1 aliphatic carbocycles. The average Bonchev–Trinajstić information content (AvgIpc) is 2.95. The minimum absolute atomic E-state index is 0. The average molecular weight is 439 g/mol. The normalized spacial score (nSPS) is 24.1. The molecule has 2 heterocycles. The van der Waals surface area contributed by atoms with Crippen molar-refractivity contribution in [2.24, 2.45) is 10.8 Å². The summed E-state index contributed by atoms with van der Waals surface area (Å²) in [6.07, 6.45) is 3.58. The molecule has 2 atom stereocenters. The Labute approximate surface area is 188 Å². The Morgan fingerprint density at radius 1 is 1.03 bits per heavy atom. The van der Waals surface area contributed by atoms with E-state index in [9.17, 15) is 10.1 Å². The third kappa shape index (κ3) is 3.85. The van der Waals surface area contributed by atoms with Crippen molar-refractivity contribution >= 4 is 34.8 Å². The van der Waals surface area contributed by atoms with E-state index in [1.807, 2.05) is 18.2 Å². The second-order valence-corrected chi connectivity index (χ2v) is 10.0. The van der Waals surface area contributed by atoms with Crippen LogP contribution >= 0.6 is 12.4 Å². The molecule has 2 bridgehead atoms. The van der Waals surface area contributed by atoms with Crippen LogP contribution in [0.15, 0.2) is 48.5 Å². The minimum atomic E-state index is -0.386. The van der Waals surface area contributed by atoms with Crippen molar-refractivity contribution in [3.8, 4) is 11.4 Å². The zero-order chi connectivity index (χ0) is 21.1. The lowest BCUT2D eigenvalue weighted by molar-refractivity contribution is -0.384. The molecule has 0 N–H and O–H groups in total. The van der Waals surface area contributed by atoms with Gasteiger partial charge in [-0.05, 0) is 54.4 Å². The van der Waals surface area contributed by atoms with E-state index in [1.165, 1.54) is 25.0 Å². The fourth-order valence-electron chi connectivity index (χ4n) is 5.85. The molecule has 1 aromatic heterocycles. The molecule has 31 heavy (non-hydrogen) atoms. The number of anilines is 1. The summed E-state index contributed by atoms with van der Waals surface area (Å²) in [5, 5.41) is 12.1. The van der Waals surface area contributed by atoms with Crippen molar-refractivity contribution in [2.45, 2.75) is 46.1 Å². The molecule has 0 spiro atoms. The summed E-state index contributed by atoms with van der Waals surface area (Å²) >= 11 is 0. The number of nitrogens with zero attached hydrogens (tertiary/aromatic N) is 4. The van der Waals surface area contributed by atoms with E-state index < -0.39 is 0 Å². The summed E-state index contributed by atoms with van der Waals surface area (Å²) in [6, 6.07) is 15.1. The number of hydrogen-bond acceptors (Lipinski definition) is 5. The van der Waals surface area contributed by atoms with Crippen LogP contribution in [0, 0.1) is 20.9 Å². The molecule has 1 saturated carbocycles. The number of fused-ring (bicyclic) bond motifs is 3. The predicted molar refractivity (Wildman–Crippen MR) is 126 cm³/mol. The quantitative estimate of drug-likeness (QED) is 0.368. The number of non-ortho nitro benzene ring substituents is 1. The van der Waals surface area contributed by atoms with E-state index in [0.717, 1.165) is 35.2 Å². The standard InChI is InChI=1S/C24H26N4O2.ClH/c1-23(2)12-18-13-24(3,14-23)15-27(18)22-19-6-4-5-7-20(19)25-21(26-22)16-8-10-17(11-9-16)28(29)30;/h4-11,18H,12-15H2,1-3H3;1H. The Balaban J connectivity index is 0.00000231. The highest BCUT2D eigenvalue weighted by Gasteiger charge is 2.50. The molecule has 7 heteroatoms. The van der Waals surface area contributed by atoms with Crippen LogP contribution in [0.3, 0.4) is 0 Å². The van der Waals surface area contributed by atoms with Crippen LogP contribution in [0.2, 0.25) is 0 Å². The van der Waals surface area contributed by atoms with Gasteiger partial charge in [0.05, 0.1) is 10.4 Å². The summed E-state index contributed by atoms with van der Waals surface area (Å²) in [6.45, 7) is 8.16. The number of aromatic nitrogens is 2. The molecule has 5 rings (SSSR count). The van der Waals surface area contributed by atoms with Gasteiger partial charge in [-0.25, -0.2) is 9.97 Å². The van der Waals surface area contributed by atoms with Crippen molar-refractivity contribution in [2.75, 3.05) is 11.4 Å². The fraction of sp³-hybridized carbons (Fsp3) is 0.417. The molecule has 2 aromatic carbocycles. The highest BCUT2D eigenvalue weighted by atomic mass is 35.5. The van der Waals surface area contributed by atoms with E-state index in [2.05, 4.69) is 31.7 Å². The third-order valence-electron chi connectivity index (χ3n) is 6.61. The van der Waals surface area contributed by atoms with Gasteiger partial charge in [0, 0.05) is 35.7 Å². The van der Waals surface area contributed by atoms with Gasteiger partial charge >= 0.3 is 0 Å². The SMILES string of the molecule is CC1(C)CC2CC(C)(CN2c2nc(-c3ccc([N+](=O)[O-])cc3)nc3ccccc23)C1.Cl. The van der Waals surface area contributed by atoms with E-state index >= 15 is 0 Å². The first-order chi connectivity index (χ1) is 14.2. The maximum Gasteiger partial charge on any atom is 0.269 e. The van der Waals surface area contributed by atoms with Gasteiger partial charge in [0.2, 0.25) is 0 Å². The number of hydrogen-bond donors (Lipinski definition) is 0. The van der Waals surface area contributed by atoms with Crippen molar-refractivity contribution in [3.63, 3.8) is 0 Å². The smallest absolute Gasteiger partial charge is 0.269 e. The number of halogens is 1. The van der Waals surface area contributed by atoms with Gasteiger partial charge in [-0.1, -0.05) is 32.9 Å². The molecular formula is C24H27ClN4O2. The summed E-state index contributed by atoms with van der Waals surface area (Å²) in [4.78, 5) is 22.9. The minimum Gasteiger partial charge on any atom is -0.352 e. The van der Waals surface area contributed by atoms with Gasteiger partial charge in [-0.2, -0.15) is 0 Å². The van der Waals surface area contributed by atoms with Crippen LogP contribution in [-0.2, 0) is 0 Å². The highest BCUT2D eigenvalue weighted by molar-refractivity contribution is 5.91. The van der Waals surface area contributed by atoms with E-state index in [0.29, 0.717) is 22.7 Å². The maximum atomic E-state index is 11.0. The molecule has 162 valence electrons. The fourth-order valence-corrected chi connectivity index (χ4v) is 5.85. The Morgan fingerprint density at radius 2 is 1.74 bits per heavy atom. The van der Waals surface area contributed by atoms with Crippen molar-refractivity contribution in [1.29, 1.82) is 0 Å². The lowest BCUT2D eigenvalue weighted by Gasteiger charge is -2.39.